The highest BCUT2D eigenvalue weighted by molar-refractivity contribution is 6.31. The van der Waals surface area contributed by atoms with Gasteiger partial charge in [0.25, 0.3) is 0 Å². The monoisotopic (exact) mass is 640 g/mol. The van der Waals surface area contributed by atoms with Gasteiger partial charge < -0.3 is 13.5 Å². The number of hydrogen-bond donors (Lipinski definition) is 0. The van der Waals surface area contributed by atoms with Crippen molar-refractivity contribution in [1.29, 1.82) is 0 Å². The summed E-state index contributed by atoms with van der Waals surface area (Å²) in [6, 6.07) is 52.9. The van der Waals surface area contributed by atoms with E-state index < -0.39 is 0 Å². The highest BCUT2D eigenvalue weighted by atomic mass is 15.0. The number of imidazole rings is 1. The summed E-state index contributed by atoms with van der Waals surface area (Å²) in [5.74, 6) is 0. The number of nitrogens with zero attached hydrogens (tertiary/aromatic N) is 4. The van der Waals surface area contributed by atoms with Gasteiger partial charge >= 0.3 is 0 Å². The highest BCUT2D eigenvalue weighted by Crippen LogP contribution is 2.58. The molecule has 0 amide bonds. The van der Waals surface area contributed by atoms with Crippen LogP contribution in [0.2, 0.25) is 0 Å². The van der Waals surface area contributed by atoms with Crippen molar-refractivity contribution >= 4 is 49.3 Å². The SMILES string of the molecule is CC1(C)c2ccccc2-c2c1c1c3ccccc3n(-c3ccc(-c4cn5ccccc5n4)cc3)c1c1c3ccccc3n(-c3ccccc3)c21. The van der Waals surface area contributed by atoms with Crippen LogP contribution in [0.15, 0.2) is 158 Å². The summed E-state index contributed by atoms with van der Waals surface area (Å²) in [4.78, 5) is 4.91. The van der Waals surface area contributed by atoms with E-state index in [0.717, 1.165) is 22.6 Å². The number of benzene rings is 6. The first-order valence-electron chi connectivity index (χ1n) is 17.3. The van der Waals surface area contributed by atoms with Crippen molar-refractivity contribution < 1.29 is 0 Å². The maximum Gasteiger partial charge on any atom is 0.137 e. The van der Waals surface area contributed by atoms with Crippen LogP contribution in [-0.2, 0) is 5.41 Å². The number of hydrogen-bond acceptors (Lipinski definition) is 1. The van der Waals surface area contributed by atoms with Crippen molar-refractivity contribution in [2.24, 2.45) is 0 Å². The lowest BCUT2D eigenvalue weighted by molar-refractivity contribution is 0.667. The average Bonchev–Trinajstić information content (AvgIpc) is 3.90. The molecule has 0 fully saturated rings. The van der Waals surface area contributed by atoms with Crippen LogP contribution in [0.5, 0.6) is 0 Å². The van der Waals surface area contributed by atoms with Crippen LogP contribution in [0.1, 0.15) is 25.0 Å². The van der Waals surface area contributed by atoms with Gasteiger partial charge in [-0.3, -0.25) is 0 Å². The van der Waals surface area contributed by atoms with Gasteiger partial charge in [-0.25, -0.2) is 4.98 Å². The fourth-order valence-electron chi connectivity index (χ4n) is 8.93. The second-order valence-corrected chi connectivity index (χ2v) is 14.0. The first kappa shape index (κ1) is 27.5. The lowest BCUT2D eigenvalue weighted by atomic mass is 9.80. The standard InChI is InChI=1S/C46H32N4/c1-46(2)35-19-9-6-16-32(35)40-43(46)41-33-17-7-10-20-37(33)50(31-25-23-29(24-26-31)36-28-48-27-13-12-22-39(48)47-36)45(41)42-34-18-8-11-21-38(34)49(44(40)42)30-14-4-3-5-15-30/h3-28H,1-2H3. The molecule has 0 radical (unpaired) electrons. The number of rotatable bonds is 3. The third-order valence-corrected chi connectivity index (χ3v) is 11.0. The Bertz CT molecular complexity index is 2960. The smallest absolute Gasteiger partial charge is 0.137 e. The van der Waals surface area contributed by atoms with E-state index >= 15 is 0 Å². The van der Waals surface area contributed by atoms with E-state index in [0.29, 0.717) is 0 Å². The third-order valence-electron chi connectivity index (χ3n) is 11.0. The molecule has 4 heteroatoms. The second kappa shape index (κ2) is 9.83. The van der Waals surface area contributed by atoms with Crippen LogP contribution < -0.4 is 0 Å². The Morgan fingerprint density at radius 1 is 0.540 bits per heavy atom. The Balaban J connectivity index is 1.33. The molecule has 1 aliphatic carbocycles. The van der Waals surface area contributed by atoms with E-state index in [2.05, 4.69) is 161 Å². The summed E-state index contributed by atoms with van der Waals surface area (Å²) in [7, 11) is 0. The zero-order valence-electron chi connectivity index (χ0n) is 27.8. The minimum Gasteiger partial charge on any atom is -0.309 e. The Hall–Kier alpha value is -6.39. The van der Waals surface area contributed by atoms with Gasteiger partial charge in [-0.05, 0) is 65.2 Å². The molecule has 4 nitrogen and oxygen atoms in total. The lowest BCUT2D eigenvalue weighted by Crippen LogP contribution is -2.15. The van der Waals surface area contributed by atoms with Gasteiger partial charge in [0.1, 0.15) is 5.65 Å². The minimum atomic E-state index is -0.210. The Labute approximate surface area is 289 Å². The molecule has 0 N–H and O–H groups in total. The van der Waals surface area contributed by atoms with Gasteiger partial charge in [0.2, 0.25) is 0 Å². The molecular formula is C46H32N4. The number of pyridine rings is 1. The summed E-state index contributed by atoms with van der Waals surface area (Å²) in [6.45, 7) is 4.82. The van der Waals surface area contributed by atoms with Crippen molar-refractivity contribution in [3.05, 3.63) is 169 Å². The van der Waals surface area contributed by atoms with Crippen molar-refractivity contribution in [2.75, 3.05) is 0 Å². The molecule has 0 saturated carbocycles. The third kappa shape index (κ3) is 3.52. The van der Waals surface area contributed by atoms with E-state index in [9.17, 15) is 0 Å². The molecule has 1 aliphatic rings. The normalized spacial score (nSPS) is 13.6. The predicted octanol–water partition coefficient (Wildman–Crippen LogP) is 11.5. The van der Waals surface area contributed by atoms with E-state index in [-0.39, 0.29) is 5.41 Å². The molecule has 0 unspecified atom stereocenters. The number of aromatic nitrogens is 4. The molecule has 6 aromatic carbocycles. The van der Waals surface area contributed by atoms with Crippen LogP contribution in [0.4, 0.5) is 0 Å². The van der Waals surface area contributed by atoms with Gasteiger partial charge in [0.05, 0.1) is 27.8 Å². The molecule has 0 bridgehead atoms. The summed E-state index contributed by atoms with van der Waals surface area (Å²) in [6.07, 6.45) is 4.16. The topological polar surface area (TPSA) is 27.2 Å². The minimum absolute atomic E-state index is 0.210. The Morgan fingerprint density at radius 3 is 1.92 bits per heavy atom. The second-order valence-electron chi connectivity index (χ2n) is 14.0. The largest absolute Gasteiger partial charge is 0.309 e. The molecule has 4 heterocycles. The molecule has 10 aromatic rings. The molecule has 4 aromatic heterocycles. The fourth-order valence-corrected chi connectivity index (χ4v) is 8.93. The number of fused-ring (bicyclic) bond motifs is 13. The van der Waals surface area contributed by atoms with Crippen molar-refractivity contribution in [2.45, 2.75) is 19.3 Å². The number of para-hydroxylation sites is 3. The summed E-state index contributed by atoms with van der Waals surface area (Å²) in [5.41, 5.74) is 15.5. The van der Waals surface area contributed by atoms with Crippen LogP contribution >= 0.6 is 0 Å². The highest BCUT2D eigenvalue weighted by Gasteiger charge is 2.41. The van der Waals surface area contributed by atoms with Crippen LogP contribution in [0.25, 0.3) is 83.0 Å². The maximum atomic E-state index is 4.91. The van der Waals surface area contributed by atoms with Gasteiger partial charge in [-0.1, -0.05) is 111 Å². The van der Waals surface area contributed by atoms with Crippen molar-refractivity contribution in [3.63, 3.8) is 0 Å². The van der Waals surface area contributed by atoms with Gasteiger partial charge in [-0.15, -0.1) is 0 Å². The average molecular weight is 641 g/mol. The summed E-state index contributed by atoms with van der Waals surface area (Å²) in [5, 5.41) is 5.16. The fraction of sp³-hybridized carbons (Fsp3) is 0.0652. The van der Waals surface area contributed by atoms with E-state index in [1.54, 1.807) is 0 Å². The first-order chi connectivity index (χ1) is 24.6. The van der Waals surface area contributed by atoms with Crippen molar-refractivity contribution in [1.82, 2.24) is 18.5 Å². The molecular weight excluding hydrogens is 609 g/mol. The first-order valence-corrected chi connectivity index (χ1v) is 17.3. The quantitative estimate of drug-likeness (QED) is 0.189. The molecule has 0 spiro atoms. The molecule has 0 aliphatic heterocycles. The lowest BCUT2D eigenvalue weighted by Gasteiger charge is -2.23. The molecule has 11 rings (SSSR count). The van der Waals surface area contributed by atoms with Crippen LogP contribution in [0.3, 0.4) is 0 Å². The van der Waals surface area contributed by atoms with Crippen molar-refractivity contribution in [3.8, 4) is 33.8 Å². The molecule has 0 saturated heterocycles. The molecule has 0 atom stereocenters. The summed E-state index contributed by atoms with van der Waals surface area (Å²) >= 11 is 0. The van der Waals surface area contributed by atoms with Crippen LogP contribution in [0, 0.1) is 0 Å². The van der Waals surface area contributed by atoms with E-state index in [1.165, 1.54) is 71.6 Å². The van der Waals surface area contributed by atoms with Gasteiger partial charge in [0.15, 0.2) is 0 Å². The maximum absolute atomic E-state index is 4.91. The van der Waals surface area contributed by atoms with Crippen LogP contribution in [-0.4, -0.2) is 18.5 Å². The summed E-state index contributed by atoms with van der Waals surface area (Å²) < 4.78 is 7.10. The Kier molecular flexibility index (Phi) is 5.42. The Morgan fingerprint density at radius 2 is 1.16 bits per heavy atom. The van der Waals surface area contributed by atoms with E-state index in [4.69, 9.17) is 4.98 Å². The zero-order valence-corrected chi connectivity index (χ0v) is 27.8. The molecule has 236 valence electrons. The van der Waals surface area contributed by atoms with E-state index in [1.807, 2.05) is 24.4 Å². The van der Waals surface area contributed by atoms with Gasteiger partial charge in [-0.2, -0.15) is 0 Å². The molecule has 50 heavy (non-hydrogen) atoms. The van der Waals surface area contributed by atoms with Gasteiger partial charge in [0, 0.05) is 61.9 Å². The zero-order chi connectivity index (χ0) is 33.1. The predicted molar refractivity (Wildman–Crippen MR) is 207 cm³/mol.